The average Bonchev–Trinajstić information content (AvgIpc) is 2.36. The van der Waals surface area contributed by atoms with Crippen molar-refractivity contribution in [2.45, 2.75) is 33.1 Å². The minimum atomic E-state index is -1.07. The zero-order chi connectivity index (χ0) is 15.1. The molecule has 108 valence electrons. The van der Waals surface area contributed by atoms with Crippen molar-refractivity contribution in [1.29, 1.82) is 0 Å². The normalized spacial score (nSPS) is 30.9. The molecule has 20 heavy (non-hydrogen) atoms. The Morgan fingerprint density at radius 2 is 2.05 bits per heavy atom. The molecule has 2 N–H and O–H groups in total. The number of ketones is 1. The third-order valence-corrected chi connectivity index (χ3v) is 4.57. The molecule has 0 spiro atoms. The summed E-state index contributed by atoms with van der Waals surface area (Å²) in [5, 5.41) is 18.4. The van der Waals surface area contributed by atoms with Crippen molar-refractivity contribution in [3.63, 3.8) is 0 Å². The molecule has 0 aromatic rings. The van der Waals surface area contributed by atoms with Gasteiger partial charge in [0.05, 0.1) is 5.92 Å². The summed E-state index contributed by atoms with van der Waals surface area (Å²) in [4.78, 5) is 34.6. The van der Waals surface area contributed by atoms with Gasteiger partial charge in [0.2, 0.25) is 0 Å². The highest BCUT2D eigenvalue weighted by Crippen LogP contribution is 2.49. The van der Waals surface area contributed by atoms with Gasteiger partial charge in [0.15, 0.2) is 5.78 Å². The number of hydrogen-bond donors (Lipinski definition) is 2. The molecule has 0 saturated carbocycles. The van der Waals surface area contributed by atoms with Crippen LogP contribution in [0.25, 0.3) is 0 Å². The van der Waals surface area contributed by atoms with Gasteiger partial charge in [-0.1, -0.05) is 19.1 Å². The highest BCUT2D eigenvalue weighted by atomic mass is 16.4. The summed E-state index contributed by atoms with van der Waals surface area (Å²) in [5.74, 6) is -3.20. The minimum Gasteiger partial charge on any atom is -0.481 e. The Bertz CT molecular complexity index is 542. The fraction of sp³-hybridized carbons (Fsp3) is 0.533. The first-order chi connectivity index (χ1) is 9.27. The van der Waals surface area contributed by atoms with Crippen molar-refractivity contribution < 1.29 is 24.6 Å². The quantitative estimate of drug-likeness (QED) is 0.824. The highest BCUT2D eigenvalue weighted by Gasteiger charge is 2.46. The molecule has 0 bridgehead atoms. The van der Waals surface area contributed by atoms with Gasteiger partial charge >= 0.3 is 11.9 Å². The molecule has 2 rings (SSSR count). The Hall–Kier alpha value is -1.91. The van der Waals surface area contributed by atoms with Crippen molar-refractivity contribution >= 4 is 17.7 Å². The molecular formula is C15H18O5. The lowest BCUT2D eigenvalue weighted by atomic mass is 9.60. The number of carboxylic acids is 2. The molecule has 0 radical (unpaired) electrons. The van der Waals surface area contributed by atoms with Gasteiger partial charge in [0, 0.05) is 23.0 Å². The van der Waals surface area contributed by atoms with Crippen molar-refractivity contribution in [3.8, 4) is 0 Å². The van der Waals surface area contributed by atoms with Gasteiger partial charge < -0.3 is 10.2 Å². The van der Waals surface area contributed by atoms with E-state index in [4.69, 9.17) is 5.11 Å². The lowest BCUT2D eigenvalue weighted by Gasteiger charge is -2.42. The van der Waals surface area contributed by atoms with Crippen LogP contribution in [0.3, 0.4) is 0 Å². The monoisotopic (exact) mass is 278 g/mol. The van der Waals surface area contributed by atoms with Crippen LogP contribution in [0.4, 0.5) is 0 Å². The fourth-order valence-corrected chi connectivity index (χ4v) is 3.24. The number of carbonyl (C=O) groups is 3. The van der Waals surface area contributed by atoms with Gasteiger partial charge in [-0.25, -0.2) is 4.79 Å². The van der Waals surface area contributed by atoms with Crippen LogP contribution in [0, 0.1) is 17.3 Å². The van der Waals surface area contributed by atoms with Gasteiger partial charge in [0.1, 0.15) is 0 Å². The lowest BCUT2D eigenvalue weighted by molar-refractivity contribution is -0.141. The molecule has 2 aliphatic rings. The number of hydrogen-bond acceptors (Lipinski definition) is 3. The van der Waals surface area contributed by atoms with E-state index in [1.807, 2.05) is 0 Å². The van der Waals surface area contributed by atoms with Crippen LogP contribution >= 0.6 is 0 Å². The van der Waals surface area contributed by atoms with E-state index >= 15 is 0 Å². The Balaban J connectivity index is 2.52. The third-order valence-electron chi connectivity index (χ3n) is 4.57. The number of carboxylic acid groups (broad SMARTS) is 2. The Morgan fingerprint density at radius 3 is 2.60 bits per heavy atom. The minimum absolute atomic E-state index is 0.0594. The SMILES string of the molecule is CC(C(=O)O)C1=C[C@]2(C)C(C(=O)O)=CCC[C@H]2CC1=O. The summed E-state index contributed by atoms with van der Waals surface area (Å²) >= 11 is 0. The second kappa shape index (κ2) is 4.89. The van der Waals surface area contributed by atoms with Gasteiger partial charge in [0.25, 0.3) is 0 Å². The Kier molecular flexibility index (Phi) is 3.54. The van der Waals surface area contributed by atoms with Crippen molar-refractivity contribution in [3.05, 3.63) is 23.3 Å². The predicted octanol–water partition coefficient (Wildman–Crippen LogP) is 2.03. The number of Topliss-reactive ketones (excluding diaryl/α,β-unsaturated/α-hetero) is 1. The zero-order valence-corrected chi connectivity index (χ0v) is 11.5. The van der Waals surface area contributed by atoms with Crippen molar-refractivity contribution in [2.75, 3.05) is 0 Å². The molecule has 0 heterocycles. The maximum absolute atomic E-state index is 12.1. The molecule has 1 unspecified atom stereocenters. The van der Waals surface area contributed by atoms with E-state index in [9.17, 15) is 19.5 Å². The first-order valence-electron chi connectivity index (χ1n) is 6.70. The Labute approximate surface area is 117 Å². The Morgan fingerprint density at radius 1 is 1.40 bits per heavy atom. The third kappa shape index (κ3) is 2.17. The molecule has 0 saturated heterocycles. The maximum Gasteiger partial charge on any atom is 0.332 e. The van der Waals surface area contributed by atoms with E-state index < -0.39 is 23.3 Å². The van der Waals surface area contributed by atoms with Crippen molar-refractivity contribution in [1.82, 2.24) is 0 Å². The fourth-order valence-electron chi connectivity index (χ4n) is 3.24. The van der Waals surface area contributed by atoms with Crippen LogP contribution in [-0.4, -0.2) is 27.9 Å². The van der Waals surface area contributed by atoms with Crippen LogP contribution in [-0.2, 0) is 14.4 Å². The van der Waals surface area contributed by atoms with Crippen LogP contribution in [0.1, 0.15) is 33.1 Å². The molecule has 5 nitrogen and oxygen atoms in total. The molecule has 0 fully saturated rings. The lowest BCUT2D eigenvalue weighted by Crippen LogP contribution is -2.40. The molecule has 0 aromatic carbocycles. The van der Waals surface area contributed by atoms with Gasteiger partial charge in [-0.05, 0) is 25.7 Å². The molecule has 0 aliphatic heterocycles. The summed E-state index contributed by atoms with van der Waals surface area (Å²) in [6, 6.07) is 0. The van der Waals surface area contributed by atoms with Crippen LogP contribution in [0.2, 0.25) is 0 Å². The molecule has 0 aromatic heterocycles. The van der Waals surface area contributed by atoms with Crippen LogP contribution < -0.4 is 0 Å². The number of allylic oxidation sites excluding steroid dienone is 2. The predicted molar refractivity (Wildman–Crippen MR) is 71.1 cm³/mol. The summed E-state index contributed by atoms with van der Waals surface area (Å²) in [7, 11) is 0. The van der Waals surface area contributed by atoms with E-state index in [2.05, 4.69) is 0 Å². The number of rotatable bonds is 3. The van der Waals surface area contributed by atoms with Crippen molar-refractivity contribution in [2.24, 2.45) is 17.3 Å². The number of aliphatic carboxylic acids is 2. The average molecular weight is 278 g/mol. The van der Waals surface area contributed by atoms with E-state index in [1.54, 1.807) is 19.1 Å². The smallest absolute Gasteiger partial charge is 0.332 e. The second-order valence-electron chi connectivity index (χ2n) is 5.77. The van der Waals surface area contributed by atoms with E-state index in [0.717, 1.165) is 6.42 Å². The van der Waals surface area contributed by atoms with Crippen LogP contribution in [0.5, 0.6) is 0 Å². The van der Waals surface area contributed by atoms with Gasteiger partial charge in [-0.2, -0.15) is 0 Å². The van der Waals surface area contributed by atoms with Gasteiger partial charge in [-0.15, -0.1) is 0 Å². The summed E-state index contributed by atoms with van der Waals surface area (Å²) in [5.41, 5.74) is -0.251. The molecule has 2 aliphatic carbocycles. The van der Waals surface area contributed by atoms with E-state index in [1.165, 1.54) is 6.92 Å². The number of carbonyl (C=O) groups excluding carboxylic acids is 1. The molecule has 3 atom stereocenters. The first kappa shape index (κ1) is 14.5. The summed E-state index contributed by atoms with van der Waals surface area (Å²) in [6.07, 6.45) is 4.90. The summed E-state index contributed by atoms with van der Waals surface area (Å²) in [6.45, 7) is 3.25. The summed E-state index contributed by atoms with van der Waals surface area (Å²) < 4.78 is 0. The highest BCUT2D eigenvalue weighted by molar-refractivity contribution is 6.02. The molecule has 0 amide bonds. The number of fused-ring (bicyclic) bond motifs is 1. The second-order valence-corrected chi connectivity index (χ2v) is 5.77. The van der Waals surface area contributed by atoms with Crippen LogP contribution in [0.15, 0.2) is 23.3 Å². The van der Waals surface area contributed by atoms with E-state index in [-0.39, 0.29) is 29.3 Å². The molecule has 5 heteroatoms. The first-order valence-corrected chi connectivity index (χ1v) is 6.70. The molecular weight excluding hydrogens is 260 g/mol. The standard InChI is InChI=1S/C15H18O5/c1-8(13(17)18)10-7-15(2)9(6-12(10)16)4-3-5-11(15)14(19)20/h5,7-9H,3-4,6H2,1-2H3,(H,17,18)(H,19,20)/t8?,9-,15-/m0/s1. The van der Waals surface area contributed by atoms with Gasteiger partial charge in [-0.3, -0.25) is 9.59 Å². The van der Waals surface area contributed by atoms with E-state index in [0.29, 0.717) is 6.42 Å². The topological polar surface area (TPSA) is 91.7 Å². The zero-order valence-electron chi connectivity index (χ0n) is 11.5. The maximum atomic E-state index is 12.1. The largest absolute Gasteiger partial charge is 0.481 e.